The molecule has 5 atom stereocenters. The summed E-state index contributed by atoms with van der Waals surface area (Å²) < 4.78 is 0. The number of hydrogen-bond acceptors (Lipinski definition) is 9. The van der Waals surface area contributed by atoms with E-state index in [1.54, 1.807) is 0 Å². The third kappa shape index (κ3) is 16.0. The van der Waals surface area contributed by atoms with Gasteiger partial charge < -0.3 is 60.6 Å². The van der Waals surface area contributed by atoms with E-state index in [1.807, 2.05) is 0 Å². The highest BCUT2D eigenvalue weighted by molar-refractivity contribution is 5.94. The molecule has 3 amide bonds. The Morgan fingerprint density at radius 2 is 1.13 bits per heavy atom. The number of nitrogens with zero attached hydrogens (tertiary/aromatic N) is 2. The van der Waals surface area contributed by atoms with Gasteiger partial charge in [0.15, 0.2) is 11.9 Å². The summed E-state index contributed by atoms with van der Waals surface area (Å²) in [4.78, 5) is 58.0. The Hall–Kier alpha value is -3.70. The first-order chi connectivity index (χ1) is 18.3. The third-order valence-electron chi connectivity index (χ3n) is 5.54. The second kappa shape index (κ2) is 19.4. The Bertz CT molecular complexity index is 844. The van der Waals surface area contributed by atoms with Gasteiger partial charge >= 0.3 is 5.97 Å². The first kappa shape index (κ1) is 35.3. The molecule has 0 rings (SSSR count). The number of aliphatic carboxylic acids is 1. The Morgan fingerprint density at radius 3 is 1.54 bits per heavy atom. The van der Waals surface area contributed by atoms with Crippen molar-refractivity contribution < 1.29 is 29.4 Å². The molecule has 0 aliphatic heterocycles. The summed E-state index contributed by atoms with van der Waals surface area (Å²) in [5.41, 5.74) is 32.4. The quantitative estimate of drug-likeness (QED) is 0.0381. The lowest BCUT2D eigenvalue weighted by Gasteiger charge is -2.25. The van der Waals surface area contributed by atoms with E-state index in [9.17, 15) is 29.4 Å². The molecular formula is C22H45N11O6. The van der Waals surface area contributed by atoms with Crippen molar-refractivity contribution in [2.75, 3.05) is 19.6 Å². The van der Waals surface area contributed by atoms with Crippen molar-refractivity contribution in [3.63, 3.8) is 0 Å². The van der Waals surface area contributed by atoms with Crippen LogP contribution in [0.25, 0.3) is 0 Å². The van der Waals surface area contributed by atoms with Crippen molar-refractivity contribution in [2.45, 2.75) is 82.1 Å². The van der Waals surface area contributed by atoms with Gasteiger partial charge in [0.1, 0.15) is 24.2 Å². The molecule has 0 bridgehead atoms. The Kier molecular flexibility index (Phi) is 17.5. The number of nitrogens with two attached hydrogens (primary N) is 6. The van der Waals surface area contributed by atoms with Gasteiger partial charge in [-0.2, -0.15) is 0 Å². The number of carbonyl (C=O) groups excluding carboxylic acids is 3. The second-order valence-electron chi connectivity index (χ2n) is 8.97. The number of rotatable bonds is 20. The van der Waals surface area contributed by atoms with E-state index in [-0.39, 0.29) is 57.1 Å². The standard InChI is InChI=1S/C22H45N11O6/c1-12(34)16(24)19(37)32-13(6-2-3-9-23)17(35)31-14(7-4-10-29-21(25)26)18(36)33-15(20(38)39)8-5-11-30-22(27)28/h12-16,34H,2-11,23-24H2,1H3,(H,31,35)(H,32,37)(H,33,36)(H,38,39)(H4,25,26,29)(H4,27,28,30). The number of carbonyl (C=O) groups is 4. The molecule has 0 spiro atoms. The van der Waals surface area contributed by atoms with Crippen LogP contribution in [0.15, 0.2) is 9.98 Å². The first-order valence-electron chi connectivity index (χ1n) is 12.7. The van der Waals surface area contributed by atoms with Crippen molar-refractivity contribution >= 4 is 35.6 Å². The number of unbranched alkanes of at least 4 members (excludes halogenated alkanes) is 1. The predicted molar refractivity (Wildman–Crippen MR) is 146 cm³/mol. The summed E-state index contributed by atoms with van der Waals surface area (Å²) in [5, 5.41) is 26.7. The molecule has 0 radical (unpaired) electrons. The number of hydrogen-bond donors (Lipinski definition) is 11. The highest BCUT2D eigenvalue weighted by Gasteiger charge is 2.30. The zero-order valence-corrected chi connectivity index (χ0v) is 22.3. The molecule has 0 saturated carbocycles. The van der Waals surface area contributed by atoms with E-state index in [4.69, 9.17) is 34.4 Å². The van der Waals surface area contributed by atoms with Crippen LogP contribution in [0, 0.1) is 0 Å². The van der Waals surface area contributed by atoms with Gasteiger partial charge in [0.2, 0.25) is 17.7 Å². The molecule has 0 heterocycles. The maximum absolute atomic E-state index is 13.2. The molecule has 0 aromatic heterocycles. The van der Waals surface area contributed by atoms with Crippen LogP contribution in [0.2, 0.25) is 0 Å². The summed E-state index contributed by atoms with van der Waals surface area (Å²) in [7, 11) is 0. The Balaban J connectivity index is 5.65. The molecule has 0 aliphatic rings. The average molecular weight is 560 g/mol. The molecule has 0 aromatic rings. The number of carboxylic acid groups (broad SMARTS) is 1. The normalized spacial score (nSPS) is 14.6. The van der Waals surface area contributed by atoms with E-state index in [2.05, 4.69) is 25.9 Å². The van der Waals surface area contributed by atoms with E-state index in [0.717, 1.165) is 0 Å². The molecule has 224 valence electrons. The minimum Gasteiger partial charge on any atom is -0.480 e. The van der Waals surface area contributed by atoms with E-state index in [1.165, 1.54) is 6.92 Å². The van der Waals surface area contributed by atoms with Crippen LogP contribution in [0.5, 0.6) is 0 Å². The zero-order valence-electron chi connectivity index (χ0n) is 22.3. The smallest absolute Gasteiger partial charge is 0.326 e. The number of guanidine groups is 2. The monoisotopic (exact) mass is 559 g/mol. The minimum absolute atomic E-state index is 0.0293. The lowest BCUT2D eigenvalue weighted by Crippen LogP contribution is -2.58. The summed E-state index contributed by atoms with van der Waals surface area (Å²) in [6.45, 7) is 2.02. The molecule has 39 heavy (non-hydrogen) atoms. The maximum Gasteiger partial charge on any atom is 0.326 e. The molecule has 0 saturated heterocycles. The number of amides is 3. The number of aliphatic hydroxyl groups is 1. The fourth-order valence-electron chi connectivity index (χ4n) is 3.33. The summed E-state index contributed by atoms with van der Waals surface area (Å²) >= 11 is 0. The van der Waals surface area contributed by atoms with Crippen LogP contribution in [-0.2, 0) is 19.2 Å². The minimum atomic E-state index is -1.28. The Labute approximate surface area is 227 Å². The molecule has 17 heteroatoms. The summed E-state index contributed by atoms with van der Waals surface area (Å²) in [6, 6.07) is -4.81. The molecule has 17 nitrogen and oxygen atoms in total. The molecular weight excluding hydrogens is 514 g/mol. The van der Waals surface area contributed by atoms with Gasteiger partial charge in [0.25, 0.3) is 0 Å². The molecule has 0 fully saturated rings. The van der Waals surface area contributed by atoms with Gasteiger partial charge in [-0.3, -0.25) is 24.4 Å². The van der Waals surface area contributed by atoms with Gasteiger partial charge in [0.05, 0.1) is 6.10 Å². The van der Waals surface area contributed by atoms with E-state index >= 15 is 0 Å². The maximum atomic E-state index is 13.2. The highest BCUT2D eigenvalue weighted by atomic mass is 16.4. The summed E-state index contributed by atoms with van der Waals surface area (Å²) in [6.07, 6.45) is 0.720. The number of aliphatic imine (C=N–C) groups is 2. The Morgan fingerprint density at radius 1 is 0.718 bits per heavy atom. The van der Waals surface area contributed by atoms with Crippen LogP contribution in [0.1, 0.15) is 51.9 Å². The third-order valence-corrected chi connectivity index (χ3v) is 5.54. The van der Waals surface area contributed by atoms with Gasteiger partial charge in [-0.1, -0.05) is 0 Å². The molecule has 0 aromatic carbocycles. The lowest BCUT2D eigenvalue weighted by atomic mass is 10.0. The zero-order chi connectivity index (χ0) is 30.0. The van der Waals surface area contributed by atoms with Crippen LogP contribution >= 0.6 is 0 Å². The largest absolute Gasteiger partial charge is 0.480 e. The highest BCUT2D eigenvalue weighted by Crippen LogP contribution is 2.07. The van der Waals surface area contributed by atoms with Crippen molar-refractivity contribution in [2.24, 2.45) is 44.4 Å². The van der Waals surface area contributed by atoms with Crippen molar-refractivity contribution in [3.8, 4) is 0 Å². The number of nitrogens with one attached hydrogen (secondary N) is 3. The SMILES string of the molecule is CC(O)C(N)C(=O)NC(CCCCN)C(=O)NC(CCCN=C(N)N)C(=O)NC(CCCN=C(N)N)C(=O)O. The van der Waals surface area contributed by atoms with E-state index in [0.29, 0.717) is 19.4 Å². The van der Waals surface area contributed by atoms with Crippen molar-refractivity contribution in [1.29, 1.82) is 0 Å². The molecule has 5 unspecified atom stereocenters. The summed E-state index contributed by atoms with van der Waals surface area (Å²) in [5.74, 6) is -3.77. The van der Waals surface area contributed by atoms with Gasteiger partial charge in [-0.05, 0) is 58.4 Å². The predicted octanol–water partition coefficient (Wildman–Crippen LogP) is -4.53. The van der Waals surface area contributed by atoms with Gasteiger partial charge in [-0.25, -0.2) is 4.79 Å². The number of aliphatic hydroxyl groups excluding tert-OH is 1. The van der Waals surface area contributed by atoms with Crippen LogP contribution in [0.3, 0.4) is 0 Å². The topological polar surface area (TPSA) is 326 Å². The van der Waals surface area contributed by atoms with Gasteiger partial charge in [0, 0.05) is 13.1 Å². The van der Waals surface area contributed by atoms with Crippen LogP contribution in [0.4, 0.5) is 0 Å². The lowest BCUT2D eigenvalue weighted by molar-refractivity contribution is -0.142. The fourth-order valence-corrected chi connectivity index (χ4v) is 3.33. The van der Waals surface area contributed by atoms with E-state index < -0.39 is 54.0 Å². The molecule has 0 aliphatic carbocycles. The van der Waals surface area contributed by atoms with Crippen molar-refractivity contribution in [3.05, 3.63) is 0 Å². The van der Waals surface area contributed by atoms with Crippen molar-refractivity contribution in [1.82, 2.24) is 16.0 Å². The van der Waals surface area contributed by atoms with Crippen LogP contribution in [-0.4, -0.2) is 95.7 Å². The second-order valence-corrected chi connectivity index (χ2v) is 8.97. The first-order valence-corrected chi connectivity index (χ1v) is 12.7. The average Bonchev–Trinajstić information content (AvgIpc) is 2.85. The van der Waals surface area contributed by atoms with Crippen LogP contribution < -0.4 is 50.4 Å². The number of carboxylic acids is 1. The van der Waals surface area contributed by atoms with Gasteiger partial charge in [-0.15, -0.1) is 0 Å². The fraction of sp³-hybridized carbons (Fsp3) is 0.727. The molecule has 17 N–H and O–H groups in total.